The SMILES string of the molecule is Cc1nc(C2CN(C(C)C)CCO2)nc(N)c1I. The predicted molar refractivity (Wildman–Crippen MR) is 79.3 cm³/mol. The normalized spacial score (nSPS) is 21.5. The van der Waals surface area contributed by atoms with E-state index in [9.17, 15) is 0 Å². The minimum atomic E-state index is -0.0702. The Labute approximate surface area is 121 Å². The maximum Gasteiger partial charge on any atom is 0.161 e. The Morgan fingerprint density at radius 3 is 2.78 bits per heavy atom. The number of hydrogen-bond acceptors (Lipinski definition) is 5. The Morgan fingerprint density at radius 1 is 1.44 bits per heavy atom. The summed E-state index contributed by atoms with van der Waals surface area (Å²) in [4.78, 5) is 11.2. The fourth-order valence-corrected chi connectivity index (χ4v) is 2.28. The van der Waals surface area contributed by atoms with Gasteiger partial charge in [0.15, 0.2) is 5.82 Å². The molecule has 1 aromatic rings. The zero-order chi connectivity index (χ0) is 13.3. The Balaban J connectivity index is 2.21. The highest BCUT2D eigenvalue weighted by Gasteiger charge is 2.26. The van der Waals surface area contributed by atoms with Crippen LogP contribution in [-0.4, -0.2) is 40.6 Å². The quantitative estimate of drug-likeness (QED) is 0.813. The van der Waals surface area contributed by atoms with Crippen LogP contribution in [0.4, 0.5) is 5.82 Å². The molecule has 0 amide bonds. The van der Waals surface area contributed by atoms with Gasteiger partial charge in [0.05, 0.1) is 15.9 Å². The van der Waals surface area contributed by atoms with Crippen LogP contribution in [0.3, 0.4) is 0 Å². The Kier molecular flexibility index (Phi) is 4.39. The molecule has 0 radical (unpaired) electrons. The topological polar surface area (TPSA) is 64.3 Å². The van der Waals surface area contributed by atoms with Crippen LogP contribution in [0.15, 0.2) is 0 Å². The Hall–Kier alpha value is -0.470. The summed E-state index contributed by atoms with van der Waals surface area (Å²) in [7, 11) is 0. The minimum absolute atomic E-state index is 0.0702. The smallest absolute Gasteiger partial charge is 0.161 e. The molecule has 5 nitrogen and oxygen atoms in total. The lowest BCUT2D eigenvalue weighted by Gasteiger charge is -2.34. The van der Waals surface area contributed by atoms with Crippen molar-refractivity contribution in [2.45, 2.75) is 32.9 Å². The molecule has 6 heteroatoms. The molecule has 18 heavy (non-hydrogen) atoms. The molecule has 2 N–H and O–H groups in total. The van der Waals surface area contributed by atoms with Crippen molar-refractivity contribution in [2.24, 2.45) is 0 Å². The average molecular weight is 362 g/mol. The van der Waals surface area contributed by atoms with Gasteiger partial charge in [-0.15, -0.1) is 0 Å². The van der Waals surface area contributed by atoms with Crippen molar-refractivity contribution in [2.75, 3.05) is 25.4 Å². The molecule has 0 saturated carbocycles. The van der Waals surface area contributed by atoms with Crippen molar-refractivity contribution in [1.29, 1.82) is 0 Å². The highest BCUT2D eigenvalue weighted by atomic mass is 127. The summed E-state index contributed by atoms with van der Waals surface area (Å²) >= 11 is 2.17. The molecule has 0 aliphatic carbocycles. The second kappa shape index (κ2) is 5.66. The highest BCUT2D eigenvalue weighted by molar-refractivity contribution is 14.1. The van der Waals surface area contributed by atoms with Crippen molar-refractivity contribution in [3.05, 3.63) is 15.1 Å². The molecule has 2 rings (SSSR count). The van der Waals surface area contributed by atoms with Crippen LogP contribution in [-0.2, 0) is 4.74 Å². The second-order valence-electron chi connectivity index (χ2n) is 4.81. The number of aryl methyl sites for hydroxylation is 1. The summed E-state index contributed by atoms with van der Waals surface area (Å²) in [5.74, 6) is 1.25. The van der Waals surface area contributed by atoms with Gasteiger partial charge in [0, 0.05) is 19.1 Å². The molecular formula is C12H19IN4O. The van der Waals surface area contributed by atoms with Gasteiger partial charge >= 0.3 is 0 Å². The van der Waals surface area contributed by atoms with Crippen LogP contribution in [0, 0.1) is 10.5 Å². The maximum atomic E-state index is 5.89. The average Bonchev–Trinajstić information content (AvgIpc) is 2.35. The van der Waals surface area contributed by atoms with Gasteiger partial charge < -0.3 is 10.5 Å². The van der Waals surface area contributed by atoms with Crippen LogP contribution >= 0.6 is 22.6 Å². The third-order valence-electron chi connectivity index (χ3n) is 3.18. The van der Waals surface area contributed by atoms with E-state index in [0.717, 1.165) is 29.0 Å². The summed E-state index contributed by atoms with van der Waals surface area (Å²) in [6.07, 6.45) is -0.0702. The molecule has 1 saturated heterocycles. The van der Waals surface area contributed by atoms with Gasteiger partial charge in [-0.2, -0.15) is 0 Å². The van der Waals surface area contributed by atoms with Gasteiger partial charge in [0.25, 0.3) is 0 Å². The van der Waals surface area contributed by atoms with Gasteiger partial charge in [0.1, 0.15) is 11.9 Å². The molecule has 2 heterocycles. The first-order valence-electron chi connectivity index (χ1n) is 6.14. The number of morpholine rings is 1. The Bertz CT molecular complexity index is 415. The van der Waals surface area contributed by atoms with E-state index < -0.39 is 0 Å². The monoisotopic (exact) mass is 362 g/mol. The number of nitrogens with zero attached hydrogens (tertiary/aromatic N) is 3. The van der Waals surface area contributed by atoms with Crippen molar-refractivity contribution in [3.8, 4) is 0 Å². The van der Waals surface area contributed by atoms with Gasteiger partial charge in [0.2, 0.25) is 0 Å². The number of hydrogen-bond donors (Lipinski definition) is 1. The molecule has 100 valence electrons. The number of anilines is 1. The van der Waals surface area contributed by atoms with Crippen LogP contribution in [0.2, 0.25) is 0 Å². The van der Waals surface area contributed by atoms with E-state index >= 15 is 0 Å². The summed E-state index contributed by atoms with van der Waals surface area (Å²) in [6, 6.07) is 0.513. The lowest BCUT2D eigenvalue weighted by Crippen LogP contribution is -2.42. The van der Waals surface area contributed by atoms with Crippen molar-refractivity contribution >= 4 is 28.4 Å². The van der Waals surface area contributed by atoms with Gasteiger partial charge in [-0.25, -0.2) is 9.97 Å². The molecule has 1 atom stereocenters. The molecule has 1 aromatic heterocycles. The van der Waals surface area contributed by atoms with Crippen LogP contribution in [0.1, 0.15) is 31.5 Å². The first kappa shape index (κ1) is 14.0. The van der Waals surface area contributed by atoms with Crippen LogP contribution in [0.25, 0.3) is 0 Å². The molecule has 1 fully saturated rings. The van der Waals surface area contributed by atoms with Crippen molar-refractivity contribution in [1.82, 2.24) is 14.9 Å². The first-order chi connectivity index (χ1) is 8.49. The van der Waals surface area contributed by atoms with Gasteiger partial charge in [-0.3, -0.25) is 4.90 Å². The van der Waals surface area contributed by atoms with Gasteiger partial charge in [-0.05, 0) is 43.4 Å². The highest BCUT2D eigenvalue weighted by Crippen LogP contribution is 2.24. The number of nitrogens with two attached hydrogens (primary N) is 1. The molecule has 0 bridgehead atoms. The molecular weight excluding hydrogens is 343 g/mol. The molecule has 0 aromatic carbocycles. The van der Waals surface area contributed by atoms with Crippen LogP contribution < -0.4 is 5.73 Å². The lowest BCUT2D eigenvalue weighted by molar-refractivity contribution is -0.0442. The van der Waals surface area contributed by atoms with Crippen molar-refractivity contribution < 1.29 is 4.74 Å². The van der Waals surface area contributed by atoms with E-state index in [1.165, 1.54) is 0 Å². The molecule has 1 aliphatic heterocycles. The third-order valence-corrected chi connectivity index (χ3v) is 4.51. The number of rotatable bonds is 2. The molecule has 1 aliphatic rings. The third kappa shape index (κ3) is 2.92. The van der Waals surface area contributed by atoms with E-state index in [2.05, 4.69) is 51.3 Å². The number of aromatic nitrogens is 2. The number of nitrogen functional groups attached to an aromatic ring is 1. The van der Waals surface area contributed by atoms with E-state index in [0.29, 0.717) is 17.7 Å². The standard InChI is InChI=1S/C12H19IN4O/c1-7(2)17-4-5-18-9(6-17)12-15-8(3)10(13)11(14)16-12/h7,9H,4-6H2,1-3H3,(H2,14,15,16). The fraction of sp³-hybridized carbons (Fsp3) is 0.667. The van der Waals surface area contributed by atoms with E-state index in [-0.39, 0.29) is 6.10 Å². The van der Waals surface area contributed by atoms with E-state index in [1.54, 1.807) is 0 Å². The Morgan fingerprint density at radius 2 is 2.17 bits per heavy atom. The largest absolute Gasteiger partial charge is 0.383 e. The summed E-state index contributed by atoms with van der Waals surface area (Å²) < 4.78 is 6.69. The first-order valence-corrected chi connectivity index (χ1v) is 7.22. The summed E-state index contributed by atoms with van der Waals surface area (Å²) in [6.45, 7) is 8.85. The van der Waals surface area contributed by atoms with E-state index in [1.807, 2.05) is 6.92 Å². The maximum absolute atomic E-state index is 5.89. The number of halogens is 1. The predicted octanol–water partition coefficient (Wildman–Crippen LogP) is 1.75. The van der Waals surface area contributed by atoms with E-state index in [4.69, 9.17) is 10.5 Å². The summed E-state index contributed by atoms with van der Waals surface area (Å²) in [5.41, 5.74) is 6.81. The van der Waals surface area contributed by atoms with Gasteiger partial charge in [-0.1, -0.05) is 0 Å². The zero-order valence-corrected chi connectivity index (χ0v) is 13.1. The lowest BCUT2D eigenvalue weighted by atomic mass is 10.2. The molecule has 0 spiro atoms. The second-order valence-corrected chi connectivity index (χ2v) is 5.89. The minimum Gasteiger partial charge on any atom is -0.383 e. The van der Waals surface area contributed by atoms with Crippen LogP contribution in [0.5, 0.6) is 0 Å². The fourth-order valence-electron chi connectivity index (χ4n) is 2.04. The molecule has 1 unspecified atom stereocenters. The van der Waals surface area contributed by atoms with Crippen molar-refractivity contribution in [3.63, 3.8) is 0 Å². The summed E-state index contributed by atoms with van der Waals surface area (Å²) in [5, 5.41) is 0. The zero-order valence-electron chi connectivity index (χ0n) is 11.0. The number of ether oxygens (including phenoxy) is 1.